The summed E-state index contributed by atoms with van der Waals surface area (Å²) >= 11 is 0. The van der Waals surface area contributed by atoms with Crippen molar-refractivity contribution in [2.45, 2.75) is 51.9 Å². The highest BCUT2D eigenvalue weighted by atomic mass is 16.5. The molecule has 2 N–H and O–H groups in total. The van der Waals surface area contributed by atoms with Gasteiger partial charge in [0.05, 0.1) is 6.61 Å². The summed E-state index contributed by atoms with van der Waals surface area (Å²) in [6.45, 7) is 3.98. The van der Waals surface area contributed by atoms with Crippen LogP contribution >= 0.6 is 0 Å². The largest absolute Gasteiger partial charge is 0.462 e. The quantitative estimate of drug-likeness (QED) is 0.116. The van der Waals surface area contributed by atoms with Crippen LogP contribution in [0.2, 0.25) is 0 Å². The Bertz CT molecular complexity index is 681. The summed E-state index contributed by atoms with van der Waals surface area (Å²) in [6, 6.07) is 0. The molecule has 0 fully saturated rings. The summed E-state index contributed by atoms with van der Waals surface area (Å²) < 4.78 is 5.07. The number of unbranched alkanes of at least 4 members (excludes halogenated alkanes) is 5. The third-order valence-corrected chi connectivity index (χ3v) is 3.86. The molecule has 0 aromatic carbocycles. The first-order chi connectivity index (χ1) is 13.7. The number of terminal acetylenes is 1. The van der Waals surface area contributed by atoms with Crippen LogP contribution in [0.25, 0.3) is 10.4 Å². The highest BCUT2D eigenvalue weighted by Crippen LogP contribution is 2.16. The highest BCUT2D eigenvalue weighted by Gasteiger charge is 2.15. The number of carbonyl (C=O) groups excluding carboxylic acids is 1. The van der Waals surface area contributed by atoms with Crippen LogP contribution in [0.15, 0.2) is 11.3 Å². The van der Waals surface area contributed by atoms with Crippen LogP contribution in [0.3, 0.4) is 0 Å². The van der Waals surface area contributed by atoms with Gasteiger partial charge in [-0.3, -0.25) is 0 Å². The van der Waals surface area contributed by atoms with Crippen LogP contribution in [0.5, 0.6) is 0 Å². The molecular weight excluding hydrogens is 358 g/mol. The first-order valence-electron chi connectivity index (χ1n) is 9.69. The number of anilines is 2. The molecule has 28 heavy (non-hydrogen) atoms. The first kappa shape index (κ1) is 23.1. The van der Waals surface area contributed by atoms with E-state index in [1.54, 1.807) is 6.92 Å². The SMILES string of the molecule is C#CCCCCNc1nc(NCCCCCCN=[N+]=[N-])ncc1C(=O)OCC. The molecule has 0 saturated carbocycles. The fourth-order valence-corrected chi connectivity index (χ4v) is 2.42. The summed E-state index contributed by atoms with van der Waals surface area (Å²) in [4.78, 5) is 23.5. The number of esters is 1. The van der Waals surface area contributed by atoms with E-state index in [4.69, 9.17) is 16.7 Å². The number of rotatable bonds is 15. The van der Waals surface area contributed by atoms with Crippen molar-refractivity contribution in [2.24, 2.45) is 5.11 Å². The van der Waals surface area contributed by atoms with Crippen LogP contribution < -0.4 is 10.6 Å². The van der Waals surface area contributed by atoms with Gasteiger partial charge in [0.1, 0.15) is 11.4 Å². The Kier molecular flexibility index (Phi) is 12.4. The van der Waals surface area contributed by atoms with Crippen molar-refractivity contribution in [3.63, 3.8) is 0 Å². The maximum absolute atomic E-state index is 12.1. The van der Waals surface area contributed by atoms with E-state index in [9.17, 15) is 4.79 Å². The zero-order valence-corrected chi connectivity index (χ0v) is 16.5. The van der Waals surface area contributed by atoms with Gasteiger partial charge in [0.15, 0.2) is 0 Å². The number of ether oxygens (including phenoxy) is 1. The minimum Gasteiger partial charge on any atom is -0.462 e. The van der Waals surface area contributed by atoms with Crippen molar-refractivity contribution >= 4 is 17.7 Å². The van der Waals surface area contributed by atoms with Gasteiger partial charge in [0.25, 0.3) is 0 Å². The van der Waals surface area contributed by atoms with Gasteiger partial charge < -0.3 is 15.4 Å². The van der Waals surface area contributed by atoms with E-state index >= 15 is 0 Å². The molecule has 1 rings (SSSR count). The third kappa shape index (κ3) is 9.64. The zero-order chi connectivity index (χ0) is 20.5. The standard InChI is InChI=1S/C19H29N7O2/c1-3-5-6-9-12-21-17-16(18(27)28-4-2)15-23-19(25-17)22-13-10-7-8-11-14-24-26-20/h1,15H,4-14H2,2H3,(H2,21,22,23,25). The van der Waals surface area contributed by atoms with E-state index < -0.39 is 5.97 Å². The Hall–Kier alpha value is -2.98. The van der Waals surface area contributed by atoms with E-state index in [0.29, 0.717) is 37.0 Å². The topological polar surface area (TPSA) is 125 Å². The van der Waals surface area contributed by atoms with Crippen molar-refractivity contribution in [2.75, 3.05) is 36.9 Å². The van der Waals surface area contributed by atoms with Crippen molar-refractivity contribution in [1.82, 2.24) is 9.97 Å². The highest BCUT2D eigenvalue weighted by molar-refractivity contribution is 5.94. The molecule has 0 aliphatic heterocycles. The maximum Gasteiger partial charge on any atom is 0.343 e. The van der Waals surface area contributed by atoms with Gasteiger partial charge in [-0.05, 0) is 38.1 Å². The Morgan fingerprint density at radius 2 is 2.00 bits per heavy atom. The second kappa shape index (κ2) is 15.1. The molecule has 0 bridgehead atoms. The van der Waals surface area contributed by atoms with Gasteiger partial charge in [0.2, 0.25) is 5.95 Å². The molecule has 0 radical (unpaired) electrons. The molecule has 1 heterocycles. The van der Waals surface area contributed by atoms with Gasteiger partial charge >= 0.3 is 5.97 Å². The summed E-state index contributed by atoms with van der Waals surface area (Å²) in [6.07, 6.45) is 13.1. The van der Waals surface area contributed by atoms with Crippen LogP contribution in [-0.2, 0) is 4.74 Å². The monoisotopic (exact) mass is 387 g/mol. The molecule has 9 nitrogen and oxygen atoms in total. The average Bonchev–Trinajstić information content (AvgIpc) is 2.70. The lowest BCUT2D eigenvalue weighted by atomic mass is 10.2. The molecule has 0 aliphatic rings. The second-order valence-corrected chi connectivity index (χ2v) is 6.06. The van der Waals surface area contributed by atoms with Gasteiger partial charge in [0, 0.05) is 37.2 Å². The van der Waals surface area contributed by atoms with Crippen molar-refractivity contribution < 1.29 is 9.53 Å². The van der Waals surface area contributed by atoms with Crippen LogP contribution in [-0.4, -0.2) is 42.2 Å². The Morgan fingerprint density at radius 3 is 2.75 bits per heavy atom. The zero-order valence-electron chi connectivity index (χ0n) is 16.5. The number of azide groups is 1. The summed E-state index contributed by atoms with van der Waals surface area (Å²) in [5.74, 6) is 3.10. The molecule has 1 aromatic rings. The van der Waals surface area contributed by atoms with Gasteiger partial charge in [-0.15, -0.1) is 12.3 Å². The lowest BCUT2D eigenvalue weighted by molar-refractivity contribution is 0.0526. The van der Waals surface area contributed by atoms with E-state index in [2.05, 4.69) is 36.5 Å². The molecule has 0 aliphatic carbocycles. The number of hydrogen-bond acceptors (Lipinski definition) is 7. The average molecular weight is 387 g/mol. The maximum atomic E-state index is 12.1. The van der Waals surface area contributed by atoms with Crippen molar-refractivity contribution in [1.29, 1.82) is 0 Å². The second-order valence-electron chi connectivity index (χ2n) is 6.06. The van der Waals surface area contributed by atoms with Crippen molar-refractivity contribution in [3.05, 3.63) is 22.2 Å². The summed E-state index contributed by atoms with van der Waals surface area (Å²) in [5.41, 5.74) is 8.55. The molecule has 0 amide bonds. The minimum absolute atomic E-state index is 0.292. The fraction of sp³-hybridized carbons (Fsp3) is 0.632. The van der Waals surface area contributed by atoms with Crippen LogP contribution in [0.1, 0.15) is 62.2 Å². The number of hydrogen-bond donors (Lipinski definition) is 2. The smallest absolute Gasteiger partial charge is 0.343 e. The Balaban J connectivity index is 2.54. The summed E-state index contributed by atoms with van der Waals surface area (Å²) in [7, 11) is 0. The van der Waals surface area contributed by atoms with Gasteiger partial charge in [-0.25, -0.2) is 9.78 Å². The lowest BCUT2D eigenvalue weighted by Gasteiger charge is -2.12. The molecule has 152 valence electrons. The predicted molar refractivity (Wildman–Crippen MR) is 110 cm³/mol. The molecular formula is C19H29N7O2. The van der Waals surface area contributed by atoms with Gasteiger partial charge in [-0.1, -0.05) is 18.0 Å². The predicted octanol–water partition coefficient (Wildman–Crippen LogP) is 4.15. The Morgan fingerprint density at radius 1 is 1.25 bits per heavy atom. The molecule has 1 aromatic heterocycles. The first-order valence-corrected chi connectivity index (χ1v) is 9.69. The number of nitrogens with zero attached hydrogens (tertiary/aromatic N) is 5. The normalized spacial score (nSPS) is 9.86. The van der Waals surface area contributed by atoms with E-state index in [-0.39, 0.29) is 0 Å². The van der Waals surface area contributed by atoms with E-state index in [0.717, 1.165) is 51.5 Å². The fourth-order valence-electron chi connectivity index (χ4n) is 2.42. The molecule has 9 heteroatoms. The third-order valence-electron chi connectivity index (χ3n) is 3.86. The van der Waals surface area contributed by atoms with E-state index in [1.807, 2.05) is 0 Å². The van der Waals surface area contributed by atoms with E-state index in [1.165, 1.54) is 6.20 Å². The number of nitrogens with one attached hydrogen (secondary N) is 2. The molecule has 0 saturated heterocycles. The number of carbonyl (C=O) groups is 1. The van der Waals surface area contributed by atoms with Crippen molar-refractivity contribution in [3.8, 4) is 12.3 Å². The minimum atomic E-state index is -0.444. The summed E-state index contributed by atoms with van der Waals surface area (Å²) in [5, 5.41) is 9.87. The Labute approximate surface area is 166 Å². The number of aromatic nitrogens is 2. The molecule has 0 unspecified atom stereocenters. The van der Waals surface area contributed by atoms with Gasteiger partial charge in [-0.2, -0.15) is 4.98 Å². The van der Waals surface area contributed by atoms with Crippen LogP contribution in [0, 0.1) is 12.3 Å². The lowest BCUT2D eigenvalue weighted by Crippen LogP contribution is -2.15. The molecule has 0 atom stereocenters. The van der Waals surface area contributed by atoms with Crippen LogP contribution in [0.4, 0.5) is 11.8 Å². The molecule has 0 spiro atoms.